The van der Waals surface area contributed by atoms with Crippen LogP contribution in [0.5, 0.6) is 5.75 Å². The summed E-state index contributed by atoms with van der Waals surface area (Å²) in [6, 6.07) is 5.28. The molecule has 1 aliphatic heterocycles. The smallest absolute Gasteiger partial charge is 0.251 e. The van der Waals surface area contributed by atoms with Gasteiger partial charge in [-0.15, -0.1) is 0 Å². The van der Waals surface area contributed by atoms with Gasteiger partial charge in [0.25, 0.3) is 5.91 Å². The topological polar surface area (TPSA) is 79.9 Å². The first-order valence-electron chi connectivity index (χ1n) is 8.60. The number of hydrogen-bond donors (Lipinski definition) is 2. The summed E-state index contributed by atoms with van der Waals surface area (Å²) in [5.41, 5.74) is 1.38. The van der Waals surface area contributed by atoms with Crippen molar-refractivity contribution < 1.29 is 19.1 Å². The number of fused-ring (bicyclic) bond motifs is 1. The molecule has 0 bridgehead atoms. The third-order valence-electron chi connectivity index (χ3n) is 4.16. The second-order valence-electron chi connectivity index (χ2n) is 6.06. The van der Waals surface area contributed by atoms with Crippen molar-refractivity contribution in [2.75, 3.05) is 45.4 Å². The van der Waals surface area contributed by atoms with Gasteiger partial charge in [0.1, 0.15) is 12.4 Å². The molecule has 0 aromatic heterocycles. The Morgan fingerprint density at radius 3 is 2.84 bits per heavy atom. The molecule has 1 aromatic carbocycles. The molecule has 1 heterocycles. The lowest BCUT2D eigenvalue weighted by Crippen LogP contribution is -2.44. The Morgan fingerprint density at radius 1 is 1.32 bits per heavy atom. The summed E-state index contributed by atoms with van der Waals surface area (Å²) in [6.07, 6.45) is 1.27. The van der Waals surface area contributed by atoms with E-state index in [-0.39, 0.29) is 17.9 Å². The summed E-state index contributed by atoms with van der Waals surface area (Å²) >= 11 is 0. The number of nitrogens with one attached hydrogen (secondary N) is 2. The van der Waals surface area contributed by atoms with Crippen molar-refractivity contribution in [1.29, 1.82) is 0 Å². The minimum absolute atomic E-state index is 0.0132. The quantitative estimate of drug-likeness (QED) is 0.689. The molecule has 0 unspecified atom stereocenters. The molecule has 2 rings (SSSR count). The number of rotatable bonds is 8. The Morgan fingerprint density at radius 2 is 2.12 bits per heavy atom. The number of carbonyl (C=O) groups excluding carboxylic acids is 2. The number of nitrogens with zero attached hydrogens (tertiary/aromatic N) is 1. The maximum atomic E-state index is 12.2. The van der Waals surface area contributed by atoms with E-state index in [4.69, 9.17) is 9.47 Å². The van der Waals surface area contributed by atoms with Gasteiger partial charge >= 0.3 is 0 Å². The fourth-order valence-electron chi connectivity index (χ4n) is 2.67. The summed E-state index contributed by atoms with van der Waals surface area (Å²) in [6.45, 7) is 4.07. The van der Waals surface area contributed by atoms with Crippen LogP contribution in [0.3, 0.4) is 0 Å². The molecule has 25 heavy (non-hydrogen) atoms. The van der Waals surface area contributed by atoms with Crippen LogP contribution in [-0.2, 0) is 9.53 Å². The summed E-state index contributed by atoms with van der Waals surface area (Å²) in [5.74, 6) is 0.580. The van der Waals surface area contributed by atoms with Crippen LogP contribution < -0.4 is 20.3 Å². The normalized spacial score (nSPS) is 16.0. The SMILES string of the molecule is CCCNC(=O)C[C@H]1COc2ccc(C(=O)NCCOC)cc2N1C. The molecule has 1 aliphatic rings. The zero-order valence-corrected chi connectivity index (χ0v) is 15.1. The monoisotopic (exact) mass is 349 g/mol. The third kappa shape index (κ3) is 5.09. The van der Waals surface area contributed by atoms with E-state index in [0.29, 0.717) is 38.3 Å². The van der Waals surface area contributed by atoms with Gasteiger partial charge in [-0.05, 0) is 24.6 Å². The Kier molecular flexibility index (Phi) is 7.06. The summed E-state index contributed by atoms with van der Waals surface area (Å²) in [5, 5.41) is 5.69. The molecule has 138 valence electrons. The van der Waals surface area contributed by atoms with Crippen molar-refractivity contribution in [2.24, 2.45) is 0 Å². The highest BCUT2D eigenvalue weighted by Crippen LogP contribution is 2.34. The van der Waals surface area contributed by atoms with Crippen LogP contribution in [-0.4, -0.2) is 58.3 Å². The highest BCUT2D eigenvalue weighted by atomic mass is 16.5. The number of ether oxygens (including phenoxy) is 2. The Balaban J connectivity index is 2.05. The lowest BCUT2D eigenvalue weighted by atomic mass is 10.1. The van der Waals surface area contributed by atoms with Crippen LogP contribution in [0.1, 0.15) is 30.1 Å². The predicted octanol–water partition coefficient (Wildman–Crippen LogP) is 1.18. The highest BCUT2D eigenvalue weighted by Gasteiger charge is 2.27. The van der Waals surface area contributed by atoms with Crippen molar-refractivity contribution in [1.82, 2.24) is 10.6 Å². The molecule has 7 heteroatoms. The van der Waals surface area contributed by atoms with Crippen molar-refractivity contribution in [3.8, 4) is 5.75 Å². The number of carbonyl (C=O) groups is 2. The van der Waals surface area contributed by atoms with Gasteiger partial charge in [0.05, 0.1) is 24.8 Å². The number of benzene rings is 1. The van der Waals surface area contributed by atoms with Gasteiger partial charge in [-0.25, -0.2) is 0 Å². The Hall–Kier alpha value is -2.28. The molecule has 0 saturated carbocycles. The maximum Gasteiger partial charge on any atom is 0.251 e. The predicted molar refractivity (Wildman–Crippen MR) is 96.3 cm³/mol. The zero-order chi connectivity index (χ0) is 18.2. The van der Waals surface area contributed by atoms with Crippen LogP contribution in [0.15, 0.2) is 18.2 Å². The number of likely N-dealkylation sites (N-methyl/N-ethyl adjacent to an activating group) is 1. The van der Waals surface area contributed by atoms with E-state index >= 15 is 0 Å². The van der Waals surface area contributed by atoms with E-state index in [1.807, 2.05) is 18.9 Å². The van der Waals surface area contributed by atoms with Crippen molar-refractivity contribution in [3.63, 3.8) is 0 Å². The molecule has 2 N–H and O–H groups in total. The number of methoxy groups -OCH3 is 1. The third-order valence-corrected chi connectivity index (χ3v) is 4.16. The number of amides is 2. The number of anilines is 1. The first kappa shape index (κ1) is 19.1. The second kappa shape index (κ2) is 9.27. The molecule has 0 spiro atoms. The van der Waals surface area contributed by atoms with E-state index in [1.54, 1.807) is 25.3 Å². The first-order chi connectivity index (χ1) is 12.1. The van der Waals surface area contributed by atoms with Gasteiger partial charge in [0, 0.05) is 32.8 Å². The van der Waals surface area contributed by atoms with E-state index in [2.05, 4.69) is 10.6 Å². The molecule has 1 atom stereocenters. The van der Waals surface area contributed by atoms with E-state index in [0.717, 1.165) is 17.9 Å². The Bertz CT molecular complexity index is 606. The van der Waals surface area contributed by atoms with E-state index in [9.17, 15) is 9.59 Å². The van der Waals surface area contributed by atoms with Crippen molar-refractivity contribution in [3.05, 3.63) is 23.8 Å². The lowest BCUT2D eigenvalue weighted by molar-refractivity contribution is -0.121. The lowest BCUT2D eigenvalue weighted by Gasteiger charge is -2.35. The van der Waals surface area contributed by atoms with Crippen LogP contribution in [0.25, 0.3) is 0 Å². The second-order valence-corrected chi connectivity index (χ2v) is 6.06. The minimum atomic E-state index is -0.156. The highest BCUT2D eigenvalue weighted by molar-refractivity contribution is 5.95. The molecular formula is C18H27N3O4. The molecule has 0 radical (unpaired) electrons. The summed E-state index contributed by atoms with van der Waals surface area (Å²) in [4.78, 5) is 26.2. The van der Waals surface area contributed by atoms with E-state index in [1.165, 1.54) is 0 Å². The molecule has 7 nitrogen and oxygen atoms in total. The van der Waals surface area contributed by atoms with E-state index < -0.39 is 0 Å². The standard InChI is InChI=1S/C18H27N3O4/c1-4-7-19-17(22)11-14-12-25-16-6-5-13(10-15(16)21(14)2)18(23)20-8-9-24-3/h5-6,10,14H,4,7-9,11-12H2,1-3H3,(H,19,22)(H,20,23)/t14-/m0/s1. The largest absolute Gasteiger partial charge is 0.489 e. The number of hydrogen-bond acceptors (Lipinski definition) is 5. The maximum absolute atomic E-state index is 12.2. The van der Waals surface area contributed by atoms with Crippen LogP contribution in [0.4, 0.5) is 5.69 Å². The average Bonchev–Trinajstić information content (AvgIpc) is 2.62. The fourth-order valence-corrected chi connectivity index (χ4v) is 2.67. The van der Waals surface area contributed by atoms with Gasteiger partial charge in [-0.3, -0.25) is 9.59 Å². The molecule has 1 aromatic rings. The van der Waals surface area contributed by atoms with Crippen LogP contribution >= 0.6 is 0 Å². The van der Waals surface area contributed by atoms with Gasteiger partial charge in [-0.1, -0.05) is 6.92 Å². The molecule has 0 aliphatic carbocycles. The van der Waals surface area contributed by atoms with Crippen LogP contribution in [0.2, 0.25) is 0 Å². The molecule has 2 amide bonds. The minimum Gasteiger partial charge on any atom is -0.489 e. The fraction of sp³-hybridized carbons (Fsp3) is 0.556. The van der Waals surface area contributed by atoms with Gasteiger partial charge < -0.3 is 25.0 Å². The molecule has 0 saturated heterocycles. The summed E-state index contributed by atoms with van der Waals surface area (Å²) < 4.78 is 10.7. The zero-order valence-electron chi connectivity index (χ0n) is 15.1. The molecular weight excluding hydrogens is 322 g/mol. The van der Waals surface area contributed by atoms with Gasteiger partial charge in [-0.2, -0.15) is 0 Å². The summed E-state index contributed by atoms with van der Waals surface area (Å²) in [7, 11) is 3.51. The van der Waals surface area contributed by atoms with Crippen molar-refractivity contribution >= 4 is 17.5 Å². The van der Waals surface area contributed by atoms with Crippen molar-refractivity contribution in [2.45, 2.75) is 25.8 Å². The van der Waals surface area contributed by atoms with Gasteiger partial charge in [0.2, 0.25) is 5.91 Å². The molecule has 0 fully saturated rings. The first-order valence-corrected chi connectivity index (χ1v) is 8.60. The Labute approximate surface area is 148 Å². The van der Waals surface area contributed by atoms with Crippen LogP contribution in [0, 0.1) is 0 Å². The average molecular weight is 349 g/mol. The van der Waals surface area contributed by atoms with Gasteiger partial charge in [0.15, 0.2) is 0 Å².